The Balaban J connectivity index is 4.30. The van der Waals surface area contributed by atoms with Gasteiger partial charge in [0.15, 0.2) is 6.10 Å². The molecule has 0 heterocycles. The summed E-state index contributed by atoms with van der Waals surface area (Å²) < 4.78 is 16.9. The molecule has 0 fully saturated rings. The molecule has 6 heteroatoms. The van der Waals surface area contributed by atoms with Crippen molar-refractivity contribution < 1.29 is 28.6 Å². The van der Waals surface area contributed by atoms with Gasteiger partial charge in [-0.15, -0.1) is 0 Å². The molecule has 0 aromatic rings. The first-order valence-corrected chi connectivity index (χ1v) is 34.7. The van der Waals surface area contributed by atoms with E-state index in [2.05, 4.69) is 154 Å². The first-order chi connectivity index (χ1) is 41.0. The summed E-state index contributed by atoms with van der Waals surface area (Å²) in [6, 6.07) is 0. The molecule has 472 valence electrons. The molecule has 0 bridgehead atoms. The van der Waals surface area contributed by atoms with Gasteiger partial charge in [-0.05, 0) is 135 Å². The number of hydrogen-bond donors (Lipinski definition) is 0. The summed E-state index contributed by atoms with van der Waals surface area (Å²) in [7, 11) is 0. The zero-order chi connectivity index (χ0) is 59.9. The minimum absolute atomic E-state index is 0.0895. The van der Waals surface area contributed by atoms with E-state index >= 15 is 0 Å². The van der Waals surface area contributed by atoms with Crippen molar-refractivity contribution in [1.82, 2.24) is 0 Å². The molecule has 0 aliphatic rings. The van der Waals surface area contributed by atoms with Crippen LogP contribution >= 0.6 is 0 Å². The molecule has 0 amide bonds. The zero-order valence-corrected chi connectivity index (χ0v) is 54.2. The normalized spacial score (nSPS) is 13.0. The Bertz CT molecular complexity index is 1750. The van der Waals surface area contributed by atoms with Crippen molar-refractivity contribution in [3.63, 3.8) is 0 Å². The van der Waals surface area contributed by atoms with Crippen LogP contribution < -0.4 is 0 Å². The number of hydrogen-bond acceptors (Lipinski definition) is 6. The smallest absolute Gasteiger partial charge is 0.306 e. The Labute approximate surface area is 513 Å². The van der Waals surface area contributed by atoms with Crippen LogP contribution in [0.3, 0.4) is 0 Å². The van der Waals surface area contributed by atoms with Crippen LogP contribution in [0.5, 0.6) is 0 Å². The van der Waals surface area contributed by atoms with Gasteiger partial charge in [0, 0.05) is 19.3 Å². The Hall–Kier alpha value is -4.45. The number of carbonyl (C=O) groups is 3. The van der Waals surface area contributed by atoms with Gasteiger partial charge in [-0.1, -0.05) is 296 Å². The third kappa shape index (κ3) is 68.2. The molecule has 1 unspecified atom stereocenters. The van der Waals surface area contributed by atoms with E-state index in [0.717, 1.165) is 148 Å². The van der Waals surface area contributed by atoms with Crippen LogP contribution in [0, 0.1) is 0 Å². The van der Waals surface area contributed by atoms with Gasteiger partial charge in [-0.25, -0.2) is 0 Å². The molecule has 0 aliphatic heterocycles. The van der Waals surface area contributed by atoms with E-state index in [1.807, 2.05) is 0 Å². The van der Waals surface area contributed by atoms with Crippen LogP contribution in [0.25, 0.3) is 0 Å². The molecular formula is C77H128O6. The van der Waals surface area contributed by atoms with Gasteiger partial charge < -0.3 is 14.2 Å². The summed E-state index contributed by atoms with van der Waals surface area (Å²) in [4.78, 5) is 38.4. The lowest BCUT2D eigenvalue weighted by molar-refractivity contribution is -0.167. The summed E-state index contributed by atoms with van der Waals surface area (Å²) in [5.41, 5.74) is 0. The highest BCUT2D eigenvalue weighted by molar-refractivity contribution is 5.71. The molecule has 0 saturated carbocycles. The lowest BCUT2D eigenvalue weighted by atomic mass is 10.1. The molecule has 0 aromatic carbocycles. The summed E-state index contributed by atoms with van der Waals surface area (Å²) in [6.07, 6.45) is 99.0. The summed E-state index contributed by atoms with van der Waals surface area (Å²) in [6.45, 7) is 6.46. The van der Waals surface area contributed by atoms with E-state index in [0.29, 0.717) is 19.3 Å². The zero-order valence-electron chi connectivity index (χ0n) is 54.2. The molecule has 83 heavy (non-hydrogen) atoms. The second-order valence-electron chi connectivity index (χ2n) is 22.7. The third-order valence-corrected chi connectivity index (χ3v) is 14.6. The maximum atomic E-state index is 12.9. The van der Waals surface area contributed by atoms with Crippen molar-refractivity contribution in [2.24, 2.45) is 0 Å². The van der Waals surface area contributed by atoms with Gasteiger partial charge in [0.1, 0.15) is 13.2 Å². The van der Waals surface area contributed by atoms with E-state index < -0.39 is 6.10 Å². The molecule has 0 aromatic heterocycles. The van der Waals surface area contributed by atoms with Crippen molar-refractivity contribution >= 4 is 17.9 Å². The van der Waals surface area contributed by atoms with Gasteiger partial charge in [-0.3, -0.25) is 14.4 Å². The molecular weight excluding hydrogens is 1020 g/mol. The standard InChI is InChI=1S/C77H128O6/c1-4-7-10-13-16-19-22-25-27-29-31-32-33-34-35-36-37-38-39-40-41-42-43-44-46-47-49-52-55-58-61-64-67-70-76(79)82-73-74(72-81-75(78)69-66-63-60-57-54-51-24-21-18-15-12-9-6-3)83-77(80)71-68-65-62-59-56-53-50-48-45-30-28-26-23-20-17-14-11-8-5-2/h7,10,12,15-16,19,21,24-28,31-32,34-35,37-38,40-41,43-44,74H,4-6,8-9,11,13-14,17-18,20,22-23,29-30,33,36,39,42,45-73H2,1-3H3/b10-7-,15-12-,19-16-,24-21-,27-25-,28-26-,32-31-,35-34-,38-37-,41-40-,44-43-. The van der Waals surface area contributed by atoms with E-state index in [1.165, 1.54) is 128 Å². The molecule has 6 nitrogen and oxygen atoms in total. The van der Waals surface area contributed by atoms with Crippen molar-refractivity contribution in [2.45, 2.75) is 322 Å². The number of esters is 3. The highest BCUT2D eigenvalue weighted by Crippen LogP contribution is 2.16. The largest absolute Gasteiger partial charge is 0.462 e. The van der Waals surface area contributed by atoms with E-state index in [-0.39, 0.29) is 31.1 Å². The number of unbranched alkanes of at least 4 members (excludes halogenated alkanes) is 29. The van der Waals surface area contributed by atoms with Crippen LogP contribution in [0.15, 0.2) is 134 Å². The van der Waals surface area contributed by atoms with Crippen LogP contribution in [0.2, 0.25) is 0 Å². The maximum absolute atomic E-state index is 12.9. The number of rotatable bonds is 62. The van der Waals surface area contributed by atoms with Crippen molar-refractivity contribution in [2.75, 3.05) is 13.2 Å². The summed E-state index contributed by atoms with van der Waals surface area (Å²) in [5, 5.41) is 0. The van der Waals surface area contributed by atoms with Gasteiger partial charge in [0.05, 0.1) is 0 Å². The third-order valence-electron chi connectivity index (χ3n) is 14.6. The van der Waals surface area contributed by atoms with Crippen molar-refractivity contribution in [1.29, 1.82) is 0 Å². The number of carbonyl (C=O) groups excluding carboxylic acids is 3. The Kier molecular flexibility index (Phi) is 66.3. The van der Waals surface area contributed by atoms with Crippen LogP contribution in [0.4, 0.5) is 0 Å². The fourth-order valence-corrected chi connectivity index (χ4v) is 9.43. The molecule has 0 rings (SSSR count). The quantitative estimate of drug-likeness (QED) is 0.0261. The van der Waals surface area contributed by atoms with Gasteiger partial charge >= 0.3 is 17.9 Å². The predicted molar refractivity (Wildman–Crippen MR) is 362 cm³/mol. The fourth-order valence-electron chi connectivity index (χ4n) is 9.43. The van der Waals surface area contributed by atoms with Gasteiger partial charge in [0.2, 0.25) is 0 Å². The molecule has 0 aliphatic carbocycles. The molecule has 0 radical (unpaired) electrons. The highest BCUT2D eigenvalue weighted by atomic mass is 16.6. The SMILES string of the molecule is CC/C=C\C/C=C\C/C=C\C/C=C\C/C=C\C/C=C\C/C=C\C/C=C\CCCCCCCCCCC(=O)OCC(COC(=O)CCCCCCC/C=C\C/C=C\CCC)OC(=O)CCCCCCCCCCC/C=C\CCCCCCCC. The molecule has 0 N–H and O–H groups in total. The van der Waals surface area contributed by atoms with Crippen LogP contribution in [-0.2, 0) is 28.6 Å². The Morgan fingerprint density at radius 2 is 0.494 bits per heavy atom. The average molecular weight is 1150 g/mol. The lowest BCUT2D eigenvalue weighted by Gasteiger charge is -2.18. The number of allylic oxidation sites excluding steroid dienone is 22. The van der Waals surface area contributed by atoms with Crippen LogP contribution in [-0.4, -0.2) is 37.2 Å². The Morgan fingerprint density at radius 3 is 0.795 bits per heavy atom. The summed E-state index contributed by atoms with van der Waals surface area (Å²) >= 11 is 0. The van der Waals surface area contributed by atoms with E-state index in [4.69, 9.17) is 14.2 Å². The Morgan fingerprint density at radius 1 is 0.253 bits per heavy atom. The van der Waals surface area contributed by atoms with Gasteiger partial charge in [0.25, 0.3) is 0 Å². The summed E-state index contributed by atoms with van der Waals surface area (Å²) in [5.74, 6) is -0.907. The minimum Gasteiger partial charge on any atom is -0.462 e. The maximum Gasteiger partial charge on any atom is 0.306 e. The number of ether oxygens (including phenoxy) is 3. The average Bonchev–Trinajstić information content (AvgIpc) is 3.49. The first-order valence-electron chi connectivity index (χ1n) is 34.7. The van der Waals surface area contributed by atoms with Crippen LogP contribution in [0.1, 0.15) is 316 Å². The van der Waals surface area contributed by atoms with Crippen molar-refractivity contribution in [3.05, 3.63) is 134 Å². The van der Waals surface area contributed by atoms with Gasteiger partial charge in [-0.2, -0.15) is 0 Å². The second kappa shape index (κ2) is 70.0. The first kappa shape index (κ1) is 78.5. The second-order valence-corrected chi connectivity index (χ2v) is 22.7. The minimum atomic E-state index is -0.793. The molecule has 0 saturated heterocycles. The predicted octanol–water partition coefficient (Wildman–Crippen LogP) is 24.1. The topological polar surface area (TPSA) is 78.9 Å². The monoisotopic (exact) mass is 1150 g/mol. The van der Waals surface area contributed by atoms with E-state index in [9.17, 15) is 14.4 Å². The molecule has 1 atom stereocenters. The van der Waals surface area contributed by atoms with E-state index in [1.54, 1.807) is 0 Å². The fraction of sp³-hybridized carbons (Fsp3) is 0.675. The molecule has 0 spiro atoms. The highest BCUT2D eigenvalue weighted by Gasteiger charge is 2.19. The lowest BCUT2D eigenvalue weighted by Crippen LogP contribution is -2.30. The van der Waals surface area contributed by atoms with Crippen molar-refractivity contribution in [3.8, 4) is 0 Å².